The molecule has 1 aliphatic rings. The maximum absolute atomic E-state index is 6.56. The molecule has 0 bridgehead atoms. The van der Waals surface area contributed by atoms with Gasteiger partial charge in [-0.05, 0) is 82.4 Å². The van der Waals surface area contributed by atoms with Gasteiger partial charge in [0.05, 0.1) is 29.5 Å². The third-order valence-electron chi connectivity index (χ3n) is 11.7. The lowest BCUT2D eigenvalue weighted by molar-refractivity contribution is 0.204. The predicted molar refractivity (Wildman–Crippen MR) is 237 cm³/mol. The van der Waals surface area contributed by atoms with E-state index in [0.717, 1.165) is 27.6 Å². The molecule has 0 saturated carbocycles. The van der Waals surface area contributed by atoms with E-state index in [1.165, 1.54) is 69.8 Å². The molecule has 1 aliphatic heterocycles. The number of thiophene rings is 1. The van der Waals surface area contributed by atoms with E-state index in [0.29, 0.717) is 0 Å². The van der Waals surface area contributed by atoms with Gasteiger partial charge in [-0.2, -0.15) is 0 Å². The first-order valence-electron chi connectivity index (χ1n) is 19.5. The van der Waals surface area contributed by atoms with Crippen LogP contribution < -0.4 is 16.0 Å². The minimum atomic E-state index is -0.0899. The summed E-state index contributed by atoms with van der Waals surface area (Å²) in [6.45, 7) is 0. The van der Waals surface area contributed by atoms with Crippen LogP contribution in [0.3, 0.4) is 0 Å². The van der Waals surface area contributed by atoms with E-state index in [1.54, 1.807) is 0 Å². The Labute approximate surface area is 332 Å². The van der Waals surface area contributed by atoms with Crippen molar-refractivity contribution in [3.05, 3.63) is 199 Å². The second-order valence-electron chi connectivity index (χ2n) is 15.0. The molecule has 1 saturated heterocycles. The molecule has 12 rings (SSSR count). The summed E-state index contributed by atoms with van der Waals surface area (Å²) in [7, 11) is 0. The molecule has 11 aromatic rings. The second kappa shape index (κ2) is 13.0. The first-order valence-corrected chi connectivity index (χ1v) is 20.3. The summed E-state index contributed by atoms with van der Waals surface area (Å²) in [5.41, 5.74) is 11.3. The first-order chi connectivity index (χ1) is 28.2. The fourth-order valence-corrected chi connectivity index (χ4v) is 10.2. The van der Waals surface area contributed by atoms with Gasteiger partial charge in [0, 0.05) is 53.5 Å². The van der Waals surface area contributed by atoms with E-state index in [2.05, 4.69) is 203 Å². The monoisotopic (exact) mass is 752 g/mol. The number of rotatable bonds is 5. The van der Waals surface area contributed by atoms with Gasteiger partial charge in [0.2, 0.25) is 0 Å². The average molecular weight is 753 g/mol. The Hall–Kier alpha value is -6.54. The van der Waals surface area contributed by atoms with Gasteiger partial charge < -0.3 is 8.98 Å². The van der Waals surface area contributed by atoms with Gasteiger partial charge in [0.1, 0.15) is 11.2 Å². The molecule has 0 radical (unpaired) electrons. The normalized spacial score (nSPS) is 17.4. The average Bonchev–Trinajstić information content (AvgIpc) is 3.95. The van der Waals surface area contributed by atoms with E-state index < -0.39 is 0 Å². The van der Waals surface area contributed by atoms with E-state index in [9.17, 15) is 0 Å². The van der Waals surface area contributed by atoms with Gasteiger partial charge in [-0.3, -0.25) is 16.0 Å². The van der Waals surface area contributed by atoms with Crippen molar-refractivity contribution in [2.75, 3.05) is 0 Å². The number of nitrogens with one attached hydrogen (secondary N) is 3. The number of hydrogen-bond acceptors (Lipinski definition) is 5. The Kier molecular flexibility index (Phi) is 7.46. The Balaban J connectivity index is 0.947. The smallest absolute Gasteiger partial charge is 0.137 e. The third-order valence-corrected chi connectivity index (χ3v) is 12.9. The molecular weight excluding hydrogens is 717 g/mol. The summed E-state index contributed by atoms with van der Waals surface area (Å²) >= 11 is 1.86. The number of benzene rings is 8. The van der Waals surface area contributed by atoms with Crippen LogP contribution in [0.4, 0.5) is 0 Å². The van der Waals surface area contributed by atoms with E-state index >= 15 is 0 Å². The highest BCUT2D eigenvalue weighted by molar-refractivity contribution is 7.25. The zero-order valence-corrected chi connectivity index (χ0v) is 31.6. The number of furan rings is 1. The largest absolute Gasteiger partial charge is 0.456 e. The maximum atomic E-state index is 6.56. The SMILES string of the molecule is c1ccc(C2NC(c3ccccc3)NC(c3cccc4sc5ccc(-c6ccc7oc8cc(-n9c%10ccccc%10c%10ccccc%109)ccc8c7c6)cc5c34)N2)cc1. The Morgan fingerprint density at radius 3 is 1.74 bits per heavy atom. The molecule has 2 atom stereocenters. The molecule has 3 aromatic heterocycles. The van der Waals surface area contributed by atoms with Gasteiger partial charge in [-0.15, -0.1) is 11.3 Å². The molecule has 4 heterocycles. The van der Waals surface area contributed by atoms with Crippen LogP contribution in [-0.2, 0) is 0 Å². The van der Waals surface area contributed by atoms with Crippen molar-refractivity contribution in [1.29, 1.82) is 0 Å². The summed E-state index contributed by atoms with van der Waals surface area (Å²) in [6, 6.07) is 65.5. The molecule has 5 nitrogen and oxygen atoms in total. The van der Waals surface area contributed by atoms with Crippen LogP contribution in [0, 0.1) is 0 Å². The molecule has 1 fully saturated rings. The van der Waals surface area contributed by atoms with Gasteiger partial charge in [-0.25, -0.2) is 0 Å². The van der Waals surface area contributed by atoms with E-state index in [4.69, 9.17) is 4.42 Å². The van der Waals surface area contributed by atoms with Crippen molar-refractivity contribution in [2.24, 2.45) is 0 Å². The summed E-state index contributed by atoms with van der Waals surface area (Å²) in [6.07, 6.45) is -0.159. The Bertz CT molecular complexity index is 3210. The Morgan fingerprint density at radius 2 is 1.04 bits per heavy atom. The van der Waals surface area contributed by atoms with Gasteiger partial charge in [0.25, 0.3) is 0 Å². The van der Waals surface area contributed by atoms with Crippen molar-refractivity contribution in [2.45, 2.75) is 18.5 Å². The summed E-state index contributed by atoms with van der Waals surface area (Å²) in [5.74, 6) is 0. The molecule has 3 N–H and O–H groups in total. The maximum Gasteiger partial charge on any atom is 0.137 e. The molecule has 0 amide bonds. The molecule has 2 unspecified atom stereocenters. The Morgan fingerprint density at radius 1 is 0.421 bits per heavy atom. The molecule has 57 heavy (non-hydrogen) atoms. The van der Waals surface area contributed by atoms with Crippen LogP contribution in [0.5, 0.6) is 0 Å². The van der Waals surface area contributed by atoms with Crippen LogP contribution in [0.25, 0.3) is 80.7 Å². The van der Waals surface area contributed by atoms with Crippen LogP contribution in [0.1, 0.15) is 35.2 Å². The number of aromatic nitrogens is 1. The number of nitrogens with zero attached hydrogens (tertiary/aromatic N) is 1. The topological polar surface area (TPSA) is 54.2 Å². The highest BCUT2D eigenvalue weighted by atomic mass is 32.1. The first kappa shape index (κ1) is 32.7. The standard InChI is InChI=1S/C51H36N4OS/c1-3-12-31(13-4-1)49-52-50(32-14-5-2-6-15-32)54-51(53-49)39-18-11-21-47-48(39)41-29-34(23-27-46(41)57-47)33-22-26-44-40(28-33)38-25-24-35(30-45(38)56-44)55-42-19-9-7-16-36(42)37-17-8-10-20-43(37)55/h1-30,49-54H. The van der Waals surface area contributed by atoms with Crippen LogP contribution in [-0.4, -0.2) is 4.57 Å². The van der Waals surface area contributed by atoms with Gasteiger partial charge in [-0.1, -0.05) is 121 Å². The van der Waals surface area contributed by atoms with E-state index in [-0.39, 0.29) is 18.5 Å². The fourth-order valence-electron chi connectivity index (χ4n) is 9.06. The molecule has 8 aromatic carbocycles. The fraction of sp³-hybridized carbons (Fsp3) is 0.0588. The van der Waals surface area contributed by atoms with Gasteiger partial charge >= 0.3 is 0 Å². The van der Waals surface area contributed by atoms with Crippen LogP contribution in [0.15, 0.2) is 186 Å². The van der Waals surface area contributed by atoms with Gasteiger partial charge in [0.15, 0.2) is 0 Å². The van der Waals surface area contributed by atoms with Crippen molar-refractivity contribution < 1.29 is 4.42 Å². The summed E-state index contributed by atoms with van der Waals surface area (Å²) in [4.78, 5) is 0. The van der Waals surface area contributed by atoms with E-state index in [1.807, 2.05) is 11.3 Å². The van der Waals surface area contributed by atoms with Crippen molar-refractivity contribution in [1.82, 2.24) is 20.5 Å². The zero-order chi connectivity index (χ0) is 37.5. The lowest BCUT2D eigenvalue weighted by Gasteiger charge is -2.40. The molecule has 6 heteroatoms. The summed E-state index contributed by atoms with van der Waals surface area (Å²) in [5, 5.41) is 18.9. The lowest BCUT2D eigenvalue weighted by Crippen LogP contribution is -2.54. The lowest BCUT2D eigenvalue weighted by atomic mass is 9.97. The van der Waals surface area contributed by atoms with Crippen LogP contribution in [0.2, 0.25) is 0 Å². The number of fused-ring (bicyclic) bond motifs is 9. The molecular formula is C51H36N4OS. The highest BCUT2D eigenvalue weighted by Crippen LogP contribution is 2.42. The predicted octanol–water partition coefficient (Wildman–Crippen LogP) is 12.9. The van der Waals surface area contributed by atoms with Crippen molar-refractivity contribution >= 4 is 75.3 Å². The minimum absolute atomic E-state index is 0.0343. The van der Waals surface area contributed by atoms with Crippen LogP contribution >= 0.6 is 11.3 Å². The number of para-hydroxylation sites is 2. The quantitative estimate of drug-likeness (QED) is 0.164. The second-order valence-corrected chi connectivity index (χ2v) is 16.1. The summed E-state index contributed by atoms with van der Waals surface area (Å²) < 4.78 is 11.5. The third kappa shape index (κ3) is 5.34. The number of hydrogen-bond donors (Lipinski definition) is 3. The highest BCUT2D eigenvalue weighted by Gasteiger charge is 2.31. The van der Waals surface area contributed by atoms with Crippen molar-refractivity contribution in [3.8, 4) is 16.8 Å². The zero-order valence-electron chi connectivity index (χ0n) is 30.8. The molecule has 0 aliphatic carbocycles. The molecule has 272 valence electrons. The molecule has 0 spiro atoms. The minimum Gasteiger partial charge on any atom is -0.456 e. The van der Waals surface area contributed by atoms with Crippen molar-refractivity contribution in [3.63, 3.8) is 0 Å².